The van der Waals surface area contributed by atoms with Crippen molar-refractivity contribution in [3.05, 3.63) is 65.2 Å². The van der Waals surface area contributed by atoms with Gasteiger partial charge in [0.1, 0.15) is 12.4 Å². The highest BCUT2D eigenvalue weighted by Gasteiger charge is 2.12. The summed E-state index contributed by atoms with van der Waals surface area (Å²) < 4.78 is 5.65. The van der Waals surface area contributed by atoms with Gasteiger partial charge in [0, 0.05) is 0 Å². The number of hydrogen-bond donors (Lipinski definition) is 1. The molecule has 0 radical (unpaired) electrons. The van der Waals surface area contributed by atoms with Gasteiger partial charge < -0.3 is 9.84 Å². The van der Waals surface area contributed by atoms with Crippen LogP contribution < -0.4 is 4.74 Å². The third-order valence-corrected chi connectivity index (χ3v) is 3.31. The van der Waals surface area contributed by atoms with Gasteiger partial charge in [-0.2, -0.15) is 0 Å². The third-order valence-electron chi connectivity index (χ3n) is 3.31. The Balaban J connectivity index is 2.03. The number of benzene rings is 2. The van der Waals surface area contributed by atoms with Crippen molar-refractivity contribution >= 4 is 5.97 Å². The van der Waals surface area contributed by atoms with Crippen molar-refractivity contribution in [2.75, 3.05) is 0 Å². The molecule has 0 amide bonds. The minimum Gasteiger partial charge on any atom is -0.489 e. The molecular formula is C18H20O3. The van der Waals surface area contributed by atoms with Crippen molar-refractivity contribution in [3.63, 3.8) is 0 Å². The molecule has 0 saturated heterocycles. The van der Waals surface area contributed by atoms with E-state index in [1.54, 1.807) is 18.2 Å². The van der Waals surface area contributed by atoms with E-state index in [0.717, 1.165) is 5.56 Å². The molecule has 0 aromatic heterocycles. The average molecular weight is 284 g/mol. The first-order valence-corrected chi connectivity index (χ1v) is 6.92. The lowest BCUT2D eigenvalue weighted by Crippen LogP contribution is -2.10. The Hall–Kier alpha value is -2.29. The van der Waals surface area contributed by atoms with Crippen molar-refractivity contribution in [2.45, 2.75) is 32.8 Å². The van der Waals surface area contributed by atoms with E-state index in [2.05, 4.69) is 32.9 Å². The van der Waals surface area contributed by atoms with Crippen molar-refractivity contribution in [1.29, 1.82) is 0 Å². The molecule has 0 saturated carbocycles. The van der Waals surface area contributed by atoms with Crippen LogP contribution in [0.4, 0.5) is 0 Å². The van der Waals surface area contributed by atoms with Gasteiger partial charge in [-0.05, 0) is 34.7 Å². The predicted molar refractivity (Wildman–Crippen MR) is 82.9 cm³/mol. The standard InChI is InChI=1S/C18H20O3/c1-18(2,3)15-9-7-13(8-10-15)12-21-16-6-4-5-14(11-16)17(19)20/h4-11H,12H2,1-3H3,(H,19,20). The zero-order valence-corrected chi connectivity index (χ0v) is 12.6. The van der Waals surface area contributed by atoms with Gasteiger partial charge in [0.15, 0.2) is 0 Å². The second-order valence-electron chi connectivity index (χ2n) is 6.07. The number of aromatic carboxylic acids is 1. The summed E-state index contributed by atoms with van der Waals surface area (Å²) in [4.78, 5) is 10.9. The fourth-order valence-corrected chi connectivity index (χ4v) is 1.99. The van der Waals surface area contributed by atoms with Crippen molar-refractivity contribution in [1.82, 2.24) is 0 Å². The topological polar surface area (TPSA) is 46.5 Å². The Bertz CT molecular complexity index is 622. The summed E-state index contributed by atoms with van der Waals surface area (Å²) in [6.45, 7) is 6.95. The molecule has 3 nitrogen and oxygen atoms in total. The van der Waals surface area contributed by atoms with Crippen LogP contribution in [-0.2, 0) is 12.0 Å². The minimum atomic E-state index is -0.949. The first kappa shape index (κ1) is 15.1. The van der Waals surface area contributed by atoms with Crippen LogP contribution in [0.2, 0.25) is 0 Å². The maximum absolute atomic E-state index is 10.9. The van der Waals surface area contributed by atoms with E-state index in [0.29, 0.717) is 12.4 Å². The second-order valence-corrected chi connectivity index (χ2v) is 6.07. The number of carbonyl (C=O) groups is 1. The lowest BCUT2D eigenvalue weighted by molar-refractivity contribution is 0.0696. The molecule has 0 aliphatic heterocycles. The lowest BCUT2D eigenvalue weighted by atomic mass is 9.87. The summed E-state index contributed by atoms with van der Waals surface area (Å²) in [6.07, 6.45) is 0. The summed E-state index contributed by atoms with van der Waals surface area (Å²) in [5, 5.41) is 8.95. The molecule has 0 aliphatic rings. The fraction of sp³-hybridized carbons (Fsp3) is 0.278. The molecule has 2 rings (SSSR count). The molecule has 0 bridgehead atoms. The molecule has 0 fully saturated rings. The van der Waals surface area contributed by atoms with Crippen LogP contribution in [0.1, 0.15) is 42.3 Å². The highest BCUT2D eigenvalue weighted by atomic mass is 16.5. The number of rotatable bonds is 4. The molecule has 2 aromatic carbocycles. The van der Waals surface area contributed by atoms with Gasteiger partial charge in [0.2, 0.25) is 0 Å². The second kappa shape index (κ2) is 6.00. The molecule has 0 aliphatic carbocycles. The molecule has 0 heterocycles. The SMILES string of the molecule is CC(C)(C)c1ccc(COc2cccc(C(=O)O)c2)cc1. The van der Waals surface area contributed by atoms with Crippen molar-refractivity contribution < 1.29 is 14.6 Å². The molecular weight excluding hydrogens is 264 g/mol. The van der Waals surface area contributed by atoms with E-state index in [-0.39, 0.29) is 11.0 Å². The minimum absolute atomic E-state index is 0.134. The molecule has 0 atom stereocenters. The molecule has 21 heavy (non-hydrogen) atoms. The fourth-order valence-electron chi connectivity index (χ4n) is 1.99. The molecule has 0 spiro atoms. The molecule has 110 valence electrons. The van der Waals surface area contributed by atoms with Gasteiger partial charge >= 0.3 is 5.97 Å². The van der Waals surface area contributed by atoms with Gasteiger partial charge in [-0.1, -0.05) is 51.1 Å². The maximum atomic E-state index is 10.9. The highest BCUT2D eigenvalue weighted by Crippen LogP contribution is 2.22. The Kier molecular flexibility index (Phi) is 4.32. The lowest BCUT2D eigenvalue weighted by Gasteiger charge is -2.19. The number of ether oxygens (including phenoxy) is 1. The van der Waals surface area contributed by atoms with Gasteiger partial charge in [0.05, 0.1) is 5.56 Å². The van der Waals surface area contributed by atoms with E-state index in [9.17, 15) is 4.79 Å². The Morgan fingerprint density at radius 1 is 1.10 bits per heavy atom. The van der Waals surface area contributed by atoms with E-state index in [1.165, 1.54) is 11.6 Å². The summed E-state index contributed by atoms with van der Waals surface area (Å²) in [6, 6.07) is 14.8. The van der Waals surface area contributed by atoms with Crippen LogP contribution in [0.5, 0.6) is 5.75 Å². The zero-order chi connectivity index (χ0) is 15.5. The van der Waals surface area contributed by atoms with Crippen LogP contribution in [0.15, 0.2) is 48.5 Å². The molecule has 1 N–H and O–H groups in total. The van der Waals surface area contributed by atoms with Crippen LogP contribution in [-0.4, -0.2) is 11.1 Å². The van der Waals surface area contributed by atoms with E-state index < -0.39 is 5.97 Å². The third kappa shape index (κ3) is 4.09. The molecule has 0 unspecified atom stereocenters. The Morgan fingerprint density at radius 2 is 1.76 bits per heavy atom. The quantitative estimate of drug-likeness (QED) is 0.912. The van der Waals surface area contributed by atoms with Crippen LogP contribution in [0, 0.1) is 0 Å². The summed E-state index contributed by atoms with van der Waals surface area (Å²) in [7, 11) is 0. The van der Waals surface area contributed by atoms with Crippen molar-refractivity contribution in [3.8, 4) is 5.75 Å². The van der Waals surface area contributed by atoms with E-state index in [4.69, 9.17) is 9.84 Å². The van der Waals surface area contributed by atoms with Gasteiger partial charge in [0.25, 0.3) is 0 Å². The molecule has 3 heteroatoms. The monoisotopic (exact) mass is 284 g/mol. The van der Waals surface area contributed by atoms with Gasteiger partial charge in [-0.25, -0.2) is 4.79 Å². The highest BCUT2D eigenvalue weighted by molar-refractivity contribution is 5.87. The van der Waals surface area contributed by atoms with E-state index >= 15 is 0 Å². The van der Waals surface area contributed by atoms with Crippen LogP contribution in [0.25, 0.3) is 0 Å². The zero-order valence-electron chi connectivity index (χ0n) is 12.6. The summed E-state index contributed by atoms with van der Waals surface area (Å²) >= 11 is 0. The average Bonchev–Trinajstić information content (AvgIpc) is 2.45. The number of hydrogen-bond acceptors (Lipinski definition) is 2. The summed E-state index contributed by atoms with van der Waals surface area (Å²) in [5.74, 6) is -0.384. The number of carboxylic acids is 1. The maximum Gasteiger partial charge on any atom is 0.335 e. The predicted octanol–water partition coefficient (Wildman–Crippen LogP) is 4.26. The first-order chi connectivity index (χ1) is 9.86. The van der Waals surface area contributed by atoms with Crippen LogP contribution in [0.3, 0.4) is 0 Å². The van der Waals surface area contributed by atoms with Gasteiger partial charge in [-0.15, -0.1) is 0 Å². The normalized spacial score (nSPS) is 11.2. The number of carboxylic acid groups (broad SMARTS) is 1. The van der Waals surface area contributed by atoms with Gasteiger partial charge in [-0.3, -0.25) is 0 Å². The Labute approximate surface area is 125 Å². The largest absolute Gasteiger partial charge is 0.489 e. The summed E-state index contributed by atoms with van der Waals surface area (Å²) in [5.41, 5.74) is 2.70. The van der Waals surface area contributed by atoms with Crippen molar-refractivity contribution in [2.24, 2.45) is 0 Å². The Morgan fingerprint density at radius 3 is 2.33 bits per heavy atom. The molecule has 2 aromatic rings. The smallest absolute Gasteiger partial charge is 0.335 e. The first-order valence-electron chi connectivity index (χ1n) is 6.92. The van der Waals surface area contributed by atoms with E-state index in [1.807, 2.05) is 12.1 Å². The van der Waals surface area contributed by atoms with Crippen LogP contribution >= 0.6 is 0 Å².